The normalized spacial score (nSPS) is 18.1. The summed E-state index contributed by atoms with van der Waals surface area (Å²) in [6.45, 7) is 5.54. The number of sulfonamides is 1. The molecule has 0 radical (unpaired) electrons. The topological polar surface area (TPSA) is 165 Å². The second-order valence-electron chi connectivity index (χ2n) is 11.5. The number of hydrogen-bond donors (Lipinski definition) is 4. The van der Waals surface area contributed by atoms with Crippen molar-refractivity contribution in [3.8, 4) is 5.75 Å². The second-order valence-corrected chi connectivity index (χ2v) is 13.5. The van der Waals surface area contributed by atoms with Crippen LogP contribution in [0.3, 0.4) is 0 Å². The van der Waals surface area contributed by atoms with E-state index in [1.807, 2.05) is 51.1 Å². The Balaban J connectivity index is 1.55. The van der Waals surface area contributed by atoms with E-state index in [0.717, 1.165) is 11.1 Å². The number of nitrogens with zero attached hydrogens (tertiary/aromatic N) is 1. The molecule has 1 aliphatic heterocycles. The minimum absolute atomic E-state index is 0.0325. The third kappa shape index (κ3) is 7.92. The van der Waals surface area contributed by atoms with Crippen LogP contribution in [0, 0.1) is 11.8 Å². The SMILES string of the molecule is CC(C)CN(C[C@@H](O)[C@H](Cc1ccccc1)NC(=O)CC1C(=O)Oc2cc(N)ccc2C1C)S(=O)(=O)c1ccc(N)cc1. The fourth-order valence-electron chi connectivity index (χ4n) is 5.30. The van der Waals surface area contributed by atoms with Gasteiger partial charge in [-0.15, -0.1) is 0 Å². The van der Waals surface area contributed by atoms with Gasteiger partial charge in [0.25, 0.3) is 0 Å². The van der Waals surface area contributed by atoms with Crippen molar-refractivity contribution in [2.45, 2.75) is 56.6 Å². The van der Waals surface area contributed by atoms with E-state index in [9.17, 15) is 23.1 Å². The van der Waals surface area contributed by atoms with Gasteiger partial charge in [-0.3, -0.25) is 9.59 Å². The summed E-state index contributed by atoms with van der Waals surface area (Å²) in [5, 5.41) is 14.4. The number of ether oxygens (including phenoxy) is 1. The minimum atomic E-state index is -3.98. The highest BCUT2D eigenvalue weighted by atomic mass is 32.2. The molecule has 0 spiro atoms. The third-order valence-electron chi connectivity index (χ3n) is 7.64. The number of amides is 1. The smallest absolute Gasteiger partial charge is 0.315 e. The highest BCUT2D eigenvalue weighted by molar-refractivity contribution is 7.89. The molecule has 0 saturated heterocycles. The molecule has 1 amide bonds. The van der Waals surface area contributed by atoms with E-state index in [1.54, 1.807) is 18.2 Å². The zero-order valence-corrected chi connectivity index (χ0v) is 25.5. The Hall–Kier alpha value is -3.93. The van der Waals surface area contributed by atoms with Gasteiger partial charge in [0.15, 0.2) is 0 Å². The van der Waals surface area contributed by atoms with E-state index >= 15 is 0 Å². The maximum atomic E-state index is 13.6. The second kappa shape index (κ2) is 13.6. The Labute approximate surface area is 253 Å². The maximum absolute atomic E-state index is 13.6. The van der Waals surface area contributed by atoms with Crippen LogP contribution in [0.5, 0.6) is 5.75 Å². The number of fused-ring (bicyclic) bond motifs is 1. The summed E-state index contributed by atoms with van der Waals surface area (Å²) in [7, 11) is -3.98. The lowest BCUT2D eigenvalue weighted by atomic mass is 9.82. The largest absolute Gasteiger partial charge is 0.426 e. The molecular formula is C32H40N4O6S. The maximum Gasteiger partial charge on any atom is 0.315 e. The lowest BCUT2D eigenvalue weighted by Crippen LogP contribution is -2.51. The zero-order valence-electron chi connectivity index (χ0n) is 24.6. The van der Waals surface area contributed by atoms with Crippen molar-refractivity contribution in [3.63, 3.8) is 0 Å². The van der Waals surface area contributed by atoms with Crippen LogP contribution in [0.25, 0.3) is 0 Å². The predicted molar refractivity (Wildman–Crippen MR) is 166 cm³/mol. The molecule has 0 aromatic heterocycles. The summed E-state index contributed by atoms with van der Waals surface area (Å²) in [4.78, 5) is 26.3. The molecule has 0 fully saturated rings. The number of aliphatic hydroxyl groups excluding tert-OH is 1. The van der Waals surface area contributed by atoms with Gasteiger partial charge in [0.2, 0.25) is 15.9 Å². The van der Waals surface area contributed by atoms with Gasteiger partial charge in [0.05, 0.1) is 23.0 Å². The van der Waals surface area contributed by atoms with Gasteiger partial charge in [-0.1, -0.05) is 57.2 Å². The lowest BCUT2D eigenvalue weighted by molar-refractivity contribution is -0.143. The van der Waals surface area contributed by atoms with Crippen molar-refractivity contribution < 1.29 is 27.9 Å². The van der Waals surface area contributed by atoms with Gasteiger partial charge in [-0.25, -0.2) is 8.42 Å². The average molecular weight is 609 g/mol. The predicted octanol–water partition coefficient (Wildman–Crippen LogP) is 3.32. The zero-order chi connectivity index (χ0) is 31.3. The van der Waals surface area contributed by atoms with Crippen LogP contribution in [0.15, 0.2) is 77.7 Å². The molecule has 10 nitrogen and oxygen atoms in total. The number of carbonyl (C=O) groups is 2. The summed E-state index contributed by atoms with van der Waals surface area (Å²) >= 11 is 0. The van der Waals surface area contributed by atoms with Crippen LogP contribution in [-0.4, -0.2) is 54.9 Å². The number of carbonyl (C=O) groups excluding carboxylic acids is 2. The molecule has 0 aliphatic carbocycles. The Bertz CT molecular complexity index is 1530. The number of hydrogen-bond acceptors (Lipinski definition) is 8. The number of nitrogen functional groups attached to an aromatic ring is 2. The molecule has 4 atom stereocenters. The third-order valence-corrected chi connectivity index (χ3v) is 9.48. The molecule has 3 aromatic rings. The van der Waals surface area contributed by atoms with E-state index in [2.05, 4.69) is 5.32 Å². The molecule has 6 N–H and O–H groups in total. The van der Waals surface area contributed by atoms with Gasteiger partial charge >= 0.3 is 5.97 Å². The average Bonchev–Trinajstić information content (AvgIpc) is 2.95. The summed E-state index contributed by atoms with van der Waals surface area (Å²) in [5.74, 6) is -1.67. The number of aliphatic hydroxyl groups is 1. The highest BCUT2D eigenvalue weighted by Gasteiger charge is 2.38. The lowest BCUT2D eigenvalue weighted by Gasteiger charge is -2.32. The van der Waals surface area contributed by atoms with Crippen molar-refractivity contribution >= 4 is 33.3 Å². The van der Waals surface area contributed by atoms with Crippen LogP contribution in [-0.2, 0) is 26.0 Å². The first kappa shape index (κ1) is 32.0. The van der Waals surface area contributed by atoms with E-state index < -0.39 is 40.0 Å². The van der Waals surface area contributed by atoms with Crippen LogP contribution >= 0.6 is 0 Å². The van der Waals surface area contributed by atoms with Gasteiger partial charge in [-0.2, -0.15) is 4.31 Å². The summed E-state index contributed by atoms with van der Waals surface area (Å²) in [6.07, 6.45) is -1.18. The molecule has 2 unspecified atom stereocenters. The van der Waals surface area contributed by atoms with Crippen LogP contribution in [0.2, 0.25) is 0 Å². The molecule has 0 saturated carbocycles. The molecule has 230 valence electrons. The van der Waals surface area contributed by atoms with Gasteiger partial charge in [0.1, 0.15) is 5.75 Å². The summed E-state index contributed by atoms with van der Waals surface area (Å²) in [6, 6.07) is 19.5. The Morgan fingerprint density at radius 1 is 1.00 bits per heavy atom. The van der Waals surface area contributed by atoms with Crippen molar-refractivity contribution in [1.82, 2.24) is 9.62 Å². The molecule has 0 bridgehead atoms. The standard InChI is InChI=1S/C32H40N4O6S/c1-20(2)18-36(43(40,41)25-12-9-23(33)10-13-25)19-29(37)28(15-22-7-5-4-6-8-22)35-31(38)17-27-21(3)26-14-11-24(34)16-30(26)42-32(27)39/h4-14,16,20-21,27-29,37H,15,17-19,33-34H2,1-3H3,(H,35,38)/t21?,27?,28-,29+/m0/s1. The molecule has 3 aromatic carbocycles. The van der Waals surface area contributed by atoms with Crippen LogP contribution < -0.4 is 21.5 Å². The van der Waals surface area contributed by atoms with E-state index in [4.69, 9.17) is 16.2 Å². The fraction of sp³-hybridized carbons (Fsp3) is 0.375. The number of esters is 1. The molecular weight excluding hydrogens is 568 g/mol. The number of nitrogens with two attached hydrogens (primary N) is 2. The molecule has 43 heavy (non-hydrogen) atoms. The van der Waals surface area contributed by atoms with Crippen molar-refractivity contribution in [2.75, 3.05) is 24.6 Å². The molecule has 1 aliphatic rings. The van der Waals surface area contributed by atoms with Crippen LogP contribution in [0.1, 0.15) is 44.2 Å². The van der Waals surface area contributed by atoms with Crippen LogP contribution in [0.4, 0.5) is 11.4 Å². The number of nitrogens with one attached hydrogen (secondary N) is 1. The fourth-order valence-corrected chi connectivity index (χ4v) is 6.92. The molecule has 11 heteroatoms. The van der Waals surface area contributed by atoms with Crippen molar-refractivity contribution in [3.05, 3.63) is 83.9 Å². The minimum Gasteiger partial charge on any atom is -0.426 e. The van der Waals surface area contributed by atoms with Gasteiger partial charge < -0.3 is 26.6 Å². The van der Waals surface area contributed by atoms with E-state index in [1.165, 1.54) is 28.6 Å². The number of benzene rings is 3. The van der Waals surface area contributed by atoms with Gasteiger partial charge in [0, 0.05) is 37.0 Å². The summed E-state index contributed by atoms with van der Waals surface area (Å²) in [5.41, 5.74) is 14.1. The first-order valence-electron chi connectivity index (χ1n) is 14.3. The Morgan fingerprint density at radius 2 is 1.65 bits per heavy atom. The molecule has 1 heterocycles. The number of anilines is 2. The first-order chi connectivity index (χ1) is 20.3. The number of rotatable bonds is 12. The van der Waals surface area contributed by atoms with E-state index in [0.29, 0.717) is 17.1 Å². The Kier molecular flexibility index (Phi) is 10.1. The van der Waals surface area contributed by atoms with E-state index in [-0.39, 0.29) is 42.7 Å². The Morgan fingerprint density at radius 3 is 2.30 bits per heavy atom. The van der Waals surface area contributed by atoms with Gasteiger partial charge in [-0.05, 0) is 59.7 Å². The van der Waals surface area contributed by atoms with Crippen molar-refractivity contribution in [1.29, 1.82) is 0 Å². The first-order valence-corrected chi connectivity index (χ1v) is 15.8. The quantitative estimate of drug-likeness (QED) is 0.138. The summed E-state index contributed by atoms with van der Waals surface area (Å²) < 4.78 is 33.9. The van der Waals surface area contributed by atoms with Crippen molar-refractivity contribution in [2.24, 2.45) is 11.8 Å². The highest BCUT2D eigenvalue weighted by Crippen LogP contribution is 2.40. The molecule has 4 rings (SSSR count). The monoisotopic (exact) mass is 608 g/mol.